The Morgan fingerprint density at radius 1 is 1.53 bits per heavy atom. The second kappa shape index (κ2) is 6.19. The van der Waals surface area contributed by atoms with Gasteiger partial charge in [0.2, 0.25) is 0 Å². The molecule has 1 aromatic heterocycles. The number of nitro benzene ring substituents is 1. The molecule has 2 rings (SSSR count). The van der Waals surface area contributed by atoms with E-state index in [0.29, 0.717) is 18.1 Å². The van der Waals surface area contributed by atoms with E-state index in [2.05, 4.69) is 10.2 Å². The maximum Gasteiger partial charge on any atom is 0.273 e. The van der Waals surface area contributed by atoms with Crippen LogP contribution in [0.5, 0.6) is 5.75 Å². The van der Waals surface area contributed by atoms with Crippen LogP contribution in [0.1, 0.15) is 0 Å². The van der Waals surface area contributed by atoms with Crippen LogP contribution in [0.3, 0.4) is 0 Å². The summed E-state index contributed by atoms with van der Waals surface area (Å²) >= 11 is 1.51. The van der Waals surface area contributed by atoms with Crippen LogP contribution in [0.4, 0.5) is 5.69 Å². The van der Waals surface area contributed by atoms with Crippen molar-refractivity contribution in [3.05, 3.63) is 40.7 Å². The smallest absolute Gasteiger partial charge is 0.273 e. The molecule has 0 aliphatic heterocycles. The van der Waals surface area contributed by atoms with Gasteiger partial charge in [0.25, 0.3) is 5.69 Å². The van der Waals surface area contributed by atoms with Crippen molar-refractivity contribution in [2.75, 3.05) is 12.4 Å². The molecule has 0 unspecified atom stereocenters. The van der Waals surface area contributed by atoms with Crippen molar-refractivity contribution in [2.45, 2.75) is 5.16 Å². The zero-order valence-corrected chi connectivity index (χ0v) is 11.0. The number of benzene rings is 1. The first-order valence-corrected chi connectivity index (χ1v) is 6.49. The van der Waals surface area contributed by atoms with Crippen molar-refractivity contribution in [1.82, 2.24) is 14.8 Å². The van der Waals surface area contributed by atoms with Gasteiger partial charge in [-0.25, -0.2) is 0 Å². The predicted octanol–water partition coefficient (Wildman–Crippen LogP) is 1.89. The van der Waals surface area contributed by atoms with Gasteiger partial charge in [-0.15, -0.1) is 10.2 Å². The maximum atomic E-state index is 10.6. The average molecular weight is 280 g/mol. The molecule has 0 saturated carbocycles. The summed E-state index contributed by atoms with van der Waals surface area (Å²) in [5, 5.41) is 19.1. The summed E-state index contributed by atoms with van der Waals surface area (Å²) in [6.45, 7) is 0.443. The summed E-state index contributed by atoms with van der Waals surface area (Å²) in [4.78, 5) is 10.2. The van der Waals surface area contributed by atoms with Crippen LogP contribution in [0.2, 0.25) is 0 Å². The fourth-order valence-electron chi connectivity index (χ4n) is 1.38. The van der Waals surface area contributed by atoms with Crippen molar-refractivity contribution in [2.24, 2.45) is 7.05 Å². The third kappa shape index (κ3) is 3.68. The molecule has 0 amide bonds. The molecule has 0 atom stereocenters. The Kier molecular flexibility index (Phi) is 4.35. The minimum absolute atomic E-state index is 0.0263. The number of aromatic nitrogens is 3. The van der Waals surface area contributed by atoms with E-state index in [9.17, 15) is 10.1 Å². The van der Waals surface area contributed by atoms with Gasteiger partial charge in [-0.2, -0.15) is 0 Å². The minimum Gasteiger partial charge on any atom is -0.492 e. The second-order valence-corrected chi connectivity index (χ2v) is 4.74. The highest BCUT2D eigenvalue weighted by Crippen LogP contribution is 2.20. The van der Waals surface area contributed by atoms with Crippen LogP contribution in [-0.4, -0.2) is 32.0 Å². The number of nitro groups is 1. The third-order valence-corrected chi connectivity index (χ3v) is 3.28. The van der Waals surface area contributed by atoms with E-state index in [1.807, 2.05) is 11.6 Å². The first-order valence-electron chi connectivity index (χ1n) is 5.51. The average Bonchev–Trinajstić information content (AvgIpc) is 2.81. The lowest BCUT2D eigenvalue weighted by molar-refractivity contribution is -0.384. The summed E-state index contributed by atoms with van der Waals surface area (Å²) in [6, 6.07) is 6.14. The van der Waals surface area contributed by atoms with E-state index in [-0.39, 0.29) is 5.69 Å². The number of hydrogen-bond acceptors (Lipinski definition) is 6. The van der Waals surface area contributed by atoms with Gasteiger partial charge < -0.3 is 9.30 Å². The molecular formula is C11H12N4O3S. The molecule has 0 aliphatic rings. The molecule has 0 radical (unpaired) electrons. The molecule has 8 heteroatoms. The lowest BCUT2D eigenvalue weighted by Crippen LogP contribution is -2.01. The number of rotatable bonds is 6. The molecule has 7 nitrogen and oxygen atoms in total. The quantitative estimate of drug-likeness (QED) is 0.348. The van der Waals surface area contributed by atoms with Crippen LogP contribution in [0.25, 0.3) is 0 Å². The molecule has 1 aromatic carbocycles. The fraction of sp³-hybridized carbons (Fsp3) is 0.273. The van der Waals surface area contributed by atoms with Gasteiger partial charge in [-0.1, -0.05) is 17.8 Å². The van der Waals surface area contributed by atoms with E-state index in [4.69, 9.17) is 4.74 Å². The van der Waals surface area contributed by atoms with E-state index in [1.54, 1.807) is 18.5 Å². The van der Waals surface area contributed by atoms with Gasteiger partial charge in [0, 0.05) is 18.9 Å². The first-order chi connectivity index (χ1) is 9.16. The van der Waals surface area contributed by atoms with Gasteiger partial charge in [0.05, 0.1) is 17.6 Å². The Hall–Kier alpha value is -2.09. The SMILES string of the molecule is Cn1cnnc1SCCOc1cccc([N+](=O)[O-])c1. The molecule has 19 heavy (non-hydrogen) atoms. The van der Waals surface area contributed by atoms with Crippen molar-refractivity contribution < 1.29 is 9.66 Å². The summed E-state index contributed by atoms with van der Waals surface area (Å²) in [7, 11) is 1.86. The van der Waals surface area contributed by atoms with Gasteiger partial charge in [0.1, 0.15) is 12.1 Å². The monoisotopic (exact) mass is 280 g/mol. The van der Waals surface area contributed by atoms with Crippen LogP contribution in [0, 0.1) is 10.1 Å². The number of ether oxygens (including phenoxy) is 1. The van der Waals surface area contributed by atoms with Crippen LogP contribution < -0.4 is 4.74 Å². The van der Waals surface area contributed by atoms with Crippen molar-refractivity contribution >= 4 is 17.4 Å². The van der Waals surface area contributed by atoms with Crippen LogP contribution in [-0.2, 0) is 7.05 Å². The van der Waals surface area contributed by atoms with Gasteiger partial charge in [0.15, 0.2) is 5.16 Å². The molecule has 100 valence electrons. The zero-order valence-electron chi connectivity index (χ0n) is 10.2. The van der Waals surface area contributed by atoms with Crippen molar-refractivity contribution in [3.63, 3.8) is 0 Å². The molecule has 0 bridgehead atoms. The number of non-ortho nitro benzene ring substituents is 1. The Labute approximate surface area is 113 Å². The van der Waals surface area contributed by atoms with Gasteiger partial charge >= 0.3 is 0 Å². The normalized spacial score (nSPS) is 10.4. The topological polar surface area (TPSA) is 83.1 Å². The lowest BCUT2D eigenvalue weighted by Gasteiger charge is -2.05. The van der Waals surface area contributed by atoms with E-state index in [1.165, 1.54) is 23.9 Å². The molecule has 0 N–H and O–H groups in total. The number of nitrogens with zero attached hydrogens (tertiary/aromatic N) is 4. The van der Waals surface area contributed by atoms with Crippen molar-refractivity contribution in [3.8, 4) is 5.75 Å². The molecule has 0 fully saturated rings. The highest BCUT2D eigenvalue weighted by molar-refractivity contribution is 7.99. The largest absolute Gasteiger partial charge is 0.492 e. The third-order valence-electron chi connectivity index (χ3n) is 2.28. The van der Waals surface area contributed by atoms with E-state index in [0.717, 1.165) is 5.16 Å². The van der Waals surface area contributed by atoms with E-state index >= 15 is 0 Å². The first kappa shape index (κ1) is 13.3. The molecule has 2 aromatic rings. The Morgan fingerprint density at radius 3 is 3.05 bits per heavy atom. The Bertz CT molecular complexity index is 573. The van der Waals surface area contributed by atoms with Crippen molar-refractivity contribution in [1.29, 1.82) is 0 Å². The maximum absolute atomic E-state index is 10.6. The fourth-order valence-corrected chi connectivity index (χ4v) is 2.09. The summed E-state index contributed by atoms with van der Waals surface area (Å²) in [5.41, 5.74) is 0.0263. The highest BCUT2D eigenvalue weighted by Gasteiger charge is 2.06. The molecular weight excluding hydrogens is 268 g/mol. The number of aryl methyl sites for hydroxylation is 1. The number of hydrogen-bond donors (Lipinski definition) is 0. The zero-order chi connectivity index (χ0) is 13.7. The lowest BCUT2D eigenvalue weighted by atomic mass is 10.3. The van der Waals surface area contributed by atoms with Crippen LogP contribution >= 0.6 is 11.8 Å². The van der Waals surface area contributed by atoms with Gasteiger partial charge in [-0.3, -0.25) is 10.1 Å². The second-order valence-electron chi connectivity index (χ2n) is 3.68. The highest BCUT2D eigenvalue weighted by atomic mass is 32.2. The summed E-state index contributed by atoms with van der Waals surface area (Å²) in [5.74, 6) is 1.18. The summed E-state index contributed by atoms with van der Waals surface area (Å²) < 4.78 is 7.27. The Morgan fingerprint density at radius 2 is 2.37 bits per heavy atom. The minimum atomic E-state index is -0.443. The number of thioether (sulfide) groups is 1. The van der Waals surface area contributed by atoms with Gasteiger partial charge in [-0.05, 0) is 6.07 Å². The standard InChI is InChI=1S/C11H12N4O3S/c1-14-8-12-13-11(14)19-6-5-18-10-4-2-3-9(7-10)15(16)17/h2-4,7-8H,5-6H2,1H3. The predicted molar refractivity (Wildman–Crippen MR) is 70.3 cm³/mol. The molecule has 0 spiro atoms. The van der Waals surface area contributed by atoms with E-state index < -0.39 is 4.92 Å². The van der Waals surface area contributed by atoms with Crippen LogP contribution in [0.15, 0.2) is 35.7 Å². The Balaban J connectivity index is 1.81. The summed E-state index contributed by atoms with van der Waals surface area (Å²) in [6.07, 6.45) is 1.63. The molecule has 0 saturated heterocycles. The molecule has 0 aliphatic carbocycles. The molecule has 1 heterocycles.